The molecule has 3 heteroatoms. The Morgan fingerprint density at radius 2 is 2.21 bits per heavy atom. The standard InChI is InChI=1S/C16H30N2S/c1-5-7-16(4)9-13-6-8-18(11-12(2)3)15(19-16)14(13)10-17/h5,7,12-15H,6,8-11,17H2,1-4H3/t13?,14?,15-,16?/m1/s1. The van der Waals surface area contributed by atoms with Gasteiger partial charge in [0.2, 0.25) is 0 Å². The van der Waals surface area contributed by atoms with E-state index < -0.39 is 0 Å². The van der Waals surface area contributed by atoms with Crippen LogP contribution in [0.1, 0.15) is 40.5 Å². The van der Waals surface area contributed by atoms with Gasteiger partial charge in [0.25, 0.3) is 0 Å². The van der Waals surface area contributed by atoms with Crippen LogP contribution in [0.4, 0.5) is 0 Å². The van der Waals surface area contributed by atoms with Gasteiger partial charge in [0, 0.05) is 11.3 Å². The van der Waals surface area contributed by atoms with Gasteiger partial charge in [0.1, 0.15) is 0 Å². The van der Waals surface area contributed by atoms with Crippen molar-refractivity contribution < 1.29 is 0 Å². The molecule has 0 aromatic carbocycles. The highest BCUT2D eigenvalue weighted by molar-refractivity contribution is 8.01. The first kappa shape index (κ1) is 15.4. The zero-order chi connectivity index (χ0) is 14.0. The molecule has 2 aliphatic rings. The number of hydrogen-bond acceptors (Lipinski definition) is 3. The maximum Gasteiger partial charge on any atom is 0.0609 e. The molecule has 0 aliphatic carbocycles. The fraction of sp³-hybridized carbons (Fsp3) is 0.875. The predicted octanol–water partition coefficient (Wildman–Crippen LogP) is 3.34. The summed E-state index contributed by atoms with van der Waals surface area (Å²) in [5.41, 5.74) is 6.09. The number of rotatable bonds is 4. The van der Waals surface area contributed by atoms with E-state index in [2.05, 4.69) is 56.5 Å². The Hall–Kier alpha value is 0.01000. The molecule has 2 rings (SSSR count). The molecule has 2 heterocycles. The lowest BCUT2D eigenvalue weighted by Crippen LogP contribution is -2.56. The van der Waals surface area contributed by atoms with Gasteiger partial charge in [-0.2, -0.15) is 0 Å². The summed E-state index contributed by atoms with van der Waals surface area (Å²) < 4.78 is 0.311. The van der Waals surface area contributed by atoms with Crippen molar-refractivity contribution in [3.05, 3.63) is 12.2 Å². The van der Waals surface area contributed by atoms with Gasteiger partial charge in [-0.25, -0.2) is 0 Å². The summed E-state index contributed by atoms with van der Waals surface area (Å²) in [5, 5.41) is 0.626. The molecule has 2 bridgehead atoms. The van der Waals surface area contributed by atoms with Crippen LogP contribution in [0.25, 0.3) is 0 Å². The van der Waals surface area contributed by atoms with E-state index in [4.69, 9.17) is 5.73 Å². The Morgan fingerprint density at radius 1 is 1.47 bits per heavy atom. The third-order valence-electron chi connectivity index (χ3n) is 4.57. The lowest BCUT2D eigenvalue weighted by atomic mass is 9.78. The summed E-state index contributed by atoms with van der Waals surface area (Å²) in [5.74, 6) is 2.25. The molecule has 0 saturated carbocycles. The van der Waals surface area contributed by atoms with Crippen molar-refractivity contribution in [2.45, 2.75) is 50.7 Å². The molecule has 4 atom stereocenters. The molecule has 0 spiro atoms. The Morgan fingerprint density at radius 3 is 2.79 bits per heavy atom. The number of allylic oxidation sites excluding steroid dienone is 1. The topological polar surface area (TPSA) is 29.3 Å². The Balaban J connectivity index is 2.18. The molecule has 3 unspecified atom stereocenters. The van der Waals surface area contributed by atoms with E-state index in [0.29, 0.717) is 16.0 Å². The Labute approximate surface area is 123 Å². The molecule has 2 saturated heterocycles. The molecule has 2 nitrogen and oxygen atoms in total. The maximum absolute atomic E-state index is 6.09. The smallest absolute Gasteiger partial charge is 0.0609 e. The normalized spacial score (nSPS) is 40.2. The summed E-state index contributed by atoms with van der Waals surface area (Å²) in [4.78, 5) is 2.70. The number of piperidine rings is 1. The van der Waals surface area contributed by atoms with Crippen LogP contribution >= 0.6 is 11.8 Å². The lowest BCUT2D eigenvalue weighted by Gasteiger charge is -2.54. The van der Waals surface area contributed by atoms with E-state index >= 15 is 0 Å². The first-order chi connectivity index (χ1) is 8.99. The largest absolute Gasteiger partial charge is 0.330 e. The van der Waals surface area contributed by atoms with Crippen molar-refractivity contribution in [2.24, 2.45) is 23.5 Å². The van der Waals surface area contributed by atoms with Crippen molar-refractivity contribution in [1.29, 1.82) is 0 Å². The van der Waals surface area contributed by atoms with E-state index in [1.54, 1.807) is 0 Å². The van der Waals surface area contributed by atoms with Crippen LogP contribution in [-0.4, -0.2) is 34.7 Å². The van der Waals surface area contributed by atoms with Gasteiger partial charge in [-0.3, -0.25) is 4.90 Å². The van der Waals surface area contributed by atoms with Gasteiger partial charge < -0.3 is 5.73 Å². The van der Waals surface area contributed by atoms with Gasteiger partial charge in [-0.15, -0.1) is 11.8 Å². The molecule has 0 aromatic rings. The monoisotopic (exact) mass is 282 g/mol. The zero-order valence-corrected chi connectivity index (χ0v) is 13.7. The summed E-state index contributed by atoms with van der Waals surface area (Å²) in [6.07, 6.45) is 7.26. The van der Waals surface area contributed by atoms with Crippen LogP contribution in [0.2, 0.25) is 0 Å². The van der Waals surface area contributed by atoms with Gasteiger partial charge in [0.15, 0.2) is 0 Å². The fourth-order valence-electron chi connectivity index (χ4n) is 3.87. The predicted molar refractivity (Wildman–Crippen MR) is 86.3 cm³/mol. The maximum atomic E-state index is 6.09. The molecule has 0 aromatic heterocycles. The lowest BCUT2D eigenvalue weighted by molar-refractivity contribution is 0.0749. The number of likely N-dealkylation sites (tertiary alicyclic amines) is 1. The molecule has 110 valence electrons. The Kier molecular flexibility index (Phi) is 5.02. The average molecular weight is 282 g/mol. The zero-order valence-electron chi connectivity index (χ0n) is 12.9. The molecular formula is C16H30N2S. The molecule has 0 amide bonds. The minimum absolute atomic E-state index is 0.311. The van der Waals surface area contributed by atoms with Crippen LogP contribution in [0, 0.1) is 17.8 Å². The van der Waals surface area contributed by atoms with Gasteiger partial charge in [-0.1, -0.05) is 26.0 Å². The summed E-state index contributed by atoms with van der Waals surface area (Å²) in [6, 6.07) is 0. The highest BCUT2D eigenvalue weighted by Crippen LogP contribution is 2.51. The van der Waals surface area contributed by atoms with Crippen molar-refractivity contribution in [3.8, 4) is 0 Å². The van der Waals surface area contributed by atoms with Gasteiger partial charge in [-0.05, 0) is 57.5 Å². The summed E-state index contributed by atoms with van der Waals surface area (Å²) >= 11 is 2.16. The summed E-state index contributed by atoms with van der Waals surface area (Å²) in [6.45, 7) is 12.5. The van der Waals surface area contributed by atoms with Crippen LogP contribution < -0.4 is 5.73 Å². The van der Waals surface area contributed by atoms with Crippen LogP contribution in [-0.2, 0) is 0 Å². The molecule has 2 fully saturated rings. The van der Waals surface area contributed by atoms with E-state index in [1.165, 1.54) is 25.9 Å². The molecule has 19 heavy (non-hydrogen) atoms. The van der Waals surface area contributed by atoms with Crippen molar-refractivity contribution in [3.63, 3.8) is 0 Å². The minimum atomic E-state index is 0.311. The number of fused-ring (bicyclic) bond motifs is 2. The van der Waals surface area contributed by atoms with Gasteiger partial charge >= 0.3 is 0 Å². The van der Waals surface area contributed by atoms with E-state index in [-0.39, 0.29) is 0 Å². The first-order valence-corrected chi connectivity index (χ1v) is 8.63. The van der Waals surface area contributed by atoms with E-state index in [0.717, 1.165) is 18.4 Å². The van der Waals surface area contributed by atoms with E-state index in [9.17, 15) is 0 Å². The highest BCUT2D eigenvalue weighted by atomic mass is 32.2. The van der Waals surface area contributed by atoms with Crippen LogP contribution in [0.15, 0.2) is 12.2 Å². The van der Waals surface area contributed by atoms with Crippen LogP contribution in [0.3, 0.4) is 0 Å². The number of nitrogens with zero attached hydrogens (tertiary/aromatic N) is 1. The second kappa shape index (κ2) is 6.19. The molecule has 2 N–H and O–H groups in total. The third kappa shape index (κ3) is 3.37. The van der Waals surface area contributed by atoms with Crippen molar-refractivity contribution in [1.82, 2.24) is 4.90 Å². The van der Waals surface area contributed by atoms with Crippen molar-refractivity contribution in [2.75, 3.05) is 19.6 Å². The van der Waals surface area contributed by atoms with Gasteiger partial charge in [0.05, 0.1) is 5.37 Å². The highest BCUT2D eigenvalue weighted by Gasteiger charge is 2.47. The SMILES string of the molecule is CC=CC1(C)CC2CCN(CC(C)C)[C@H](S1)C2CN. The second-order valence-electron chi connectivity index (χ2n) is 6.86. The number of hydrogen-bond donors (Lipinski definition) is 1. The third-order valence-corrected chi connectivity index (χ3v) is 6.30. The Bertz CT molecular complexity index is 329. The molecule has 2 aliphatic heterocycles. The second-order valence-corrected chi connectivity index (χ2v) is 8.51. The van der Waals surface area contributed by atoms with E-state index in [1.807, 2.05) is 0 Å². The van der Waals surface area contributed by atoms with Crippen LogP contribution in [0.5, 0.6) is 0 Å². The molecular weight excluding hydrogens is 252 g/mol. The molecule has 0 radical (unpaired) electrons. The first-order valence-electron chi connectivity index (χ1n) is 7.75. The fourth-order valence-corrected chi connectivity index (χ4v) is 5.79. The summed E-state index contributed by atoms with van der Waals surface area (Å²) in [7, 11) is 0. The minimum Gasteiger partial charge on any atom is -0.330 e. The quantitative estimate of drug-likeness (QED) is 0.802. The average Bonchev–Trinajstić information content (AvgIpc) is 2.32. The van der Waals surface area contributed by atoms with Crippen molar-refractivity contribution >= 4 is 11.8 Å². The number of thioether (sulfide) groups is 1. The number of nitrogens with two attached hydrogens (primary N) is 1.